The van der Waals surface area contributed by atoms with Crippen molar-refractivity contribution in [3.05, 3.63) is 24.5 Å². The summed E-state index contributed by atoms with van der Waals surface area (Å²) in [6.07, 6.45) is 4.19. The highest BCUT2D eigenvalue weighted by molar-refractivity contribution is 5.36. The molecular formula is C7H7N5O. The second-order valence-corrected chi connectivity index (χ2v) is 2.49. The van der Waals surface area contributed by atoms with E-state index >= 15 is 0 Å². The fourth-order valence-corrected chi connectivity index (χ4v) is 0.980. The number of aromatic hydroxyl groups is 1. The van der Waals surface area contributed by atoms with Crippen LogP contribution < -0.4 is 0 Å². The summed E-state index contributed by atoms with van der Waals surface area (Å²) < 4.78 is 1.47. The molecule has 0 aliphatic carbocycles. The smallest absolute Gasteiger partial charge is 0.219 e. The quantitative estimate of drug-likeness (QED) is 0.667. The molecular weight excluding hydrogens is 170 g/mol. The van der Waals surface area contributed by atoms with E-state index < -0.39 is 0 Å². The first-order valence-corrected chi connectivity index (χ1v) is 3.64. The molecule has 0 bridgehead atoms. The van der Waals surface area contributed by atoms with Crippen LogP contribution in [-0.4, -0.2) is 29.8 Å². The largest absolute Gasteiger partial charge is 0.493 e. The van der Waals surface area contributed by atoms with Gasteiger partial charge in [-0.05, 0) is 6.92 Å². The van der Waals surface area contributed by atoms with Crippen LogP contribution in [0.3, 0.4) is 0 Å². The Morgan fingerprint density at radius 3 is 2.85 bits per heavy atom. The number of hydrogen-bond acceptors (Lipinski definition) is 5. The summed E-state index contributed by atoms with van der Waals surface area (Å²) in [5.41, 5.74) is 0.577. The Bertz CT molecular complexity index is 411. The molecule has 13 heavy (non-hydrogen) atoms. The maximum absolute atomic E-state index is 9.29. The van der Waals surface area contributed by atoms with Gasteiger partial charge in [0, 0.05) is 0 Å². The van der Waals surface area contributed by atoms with Gasteiger partial charge in [0.2, 0.25) is 5.88 Å². The summed E-state index contributed by atoms with van der Waals surface area (Å²) in [5, 5.41) is 13.2. The summed E-state index contributed by atoms with van der Waals surface area (Å²) in [5.74, 6) is 0.491. The average Bonchev–Trinajstić information content (AvgIpc) is 2.62. The van der Waals surface area contributed by atoms with Crippen LogP contribution in [0.1, 0.15) is 5.56 Å². The Morgan fingerprint density at radius 1 is 1.31 bits per heavy atom. The molecule has 2 heterocycles. The van der Waals surface area contributed by atoms with Crippen molar-refractivity contribution in [1.82, 2.24) is 24.7 Å². The van der Waals surface area contributed by atoms with Crippen molar-refractivity contribution in [3.63, 3.8) is 0 Å². The van der Waals surface area contributed by atoms with Crippen molar-refractivity contribution < 1.29 is 5.11 Å². The van der Waals surface area contributed by atoms with Gasteiger partial charge in [-0.15, -0.1) is 0 Å². The van der Waals surface area contributed by atoms with Gasteiger partial charge in [0.1, 0.15) is 19.0 Å². The minimum Gasteiger partial charge on any atom is -0.493 e. The van der Waals surface area contributed by atoms with Gasteiger partial charge < -0.3 is 5.11 Å². The first-order valence-electron chi connectivity index (χ1n) is 3.64. The highest BCUT2D eigenvalue weighted by Gasteiger charge is 2.07. The Balaban J connectivity index is 2.59. The summed E-state index contributed by atoms with van der Waals surface area (Å²) in [7, 11) is 0. The van der Waals surface area contributed by atoms with Gasteiger partial charge in [-0.3, -0.25) is 0 Å². The average molecular weight is 177 g/mol. The van der Waals surface area contributed by atoms with E-state index in [1.807, 2.05) is 0 Å². The summed E-state index contributed by atoms with van der Waals surface area (Å²) in [6.45, 7) is 1.71. The lowest BCUT2D eigenvalue weighted by Gasteiger charge is -2.03. The zero-order valence-electron chi connectivity index (χ0n) is 6.92. The summed E-state index contributed by atoms with van der Waals surface area (Å²) >= 11 is 0. The number of aromatic nitrogens is 5. The van der Waals surface area contributed by atoms with Crippen LogP contribution in [0.25, 0.3) is 5.82 Å². The molecule has 0 saturated carbocycles. The summed E-state index contributed by atoms with van der Waals surface area (Å²) in [6, 6.07) is 0. The zero-order valence-corrected chi connectivity index (χ0v) is 6.92. The lowest BCUT2D eigenvalue weighted by molar-refractivity contribution is 0.446. The van der Waals surface area contributed by atoms with Gasteiger partial charge in [0.25, 0.3) is 0 Å². The highest BCUT2D eigenvalue weighted by atomic mass is 16.3. The van der Waals surface area contributed by atoms with Crippen LogP contribution in [0.2, 0.25) is 0 Å². The number of nitrogens with zero attached hydrogens (tertiary/aromatic N) is 5. The molecule has 2 rings (SSSR count). The Morgan fingerprint density at radius 2 is 2.15 bits per heavy atom. The molecule has 66 valence electrons. The van der Waals surface area contributed by atoms with Crippen LogP contribution >= 0.6 is 0 Å². The highest BCUT2D eigenvalue weighted by Crippen LogP contribution is 2.16. The lowest BCUT2D eigenvalue weighted by atomic mass is 10.3. The molecule has 6 heteroatoms. The molecule has 0 amide bonds. The minimum atomic E-state index is -0.0412. The van der Waals surface area contributed by atoms with Crippen LogP contribution in [0, 0.1) is 6.92 Å². The maximum atomic E-state index is 9.29. The van der Waals surface area contributed by atoms with E-state index in [-0.39, 0.29) is 5.88 Å². The van der Waals surface area contributed by atoms with E-state index in [0.29, 0.717) is 11.4 Å². The summed E-state index contributed by atoms with van der Waals surface area (Å²) in [4.78, 5) is 11.4. The topological polar surface area (TPSA) is 76.7 Å². The normalized spacial score (nSPS) is 10.2. The molecule has 0 aliphatic rings. The Kier molecular flexibility index (Phi) is 1.66. The second kappa shape index (κ2) is 2.81. The molecule has 2 aromatic heterocycles. The van der Waals surface area contributed by atoms with Gasteiger partial charge in [-0.2, -0.15) is 5.10 Å². The molecule has 1 N–H and O–H groups in total. The van der Waals surface area contributed by atoms with E-state index in [2.05, 4.69) is 20.1 Å². The molecule has 6 nitrogen and oxygen atoms in total. The Labute approximate surface area is 73.9 Å². The van der Waals surface area contributed by atoms with Crippen molar-refractivity contribution >= 4 is 0 Å². The minimum absolute atomic E-state index is 0.0412. The van der Waals surface area contributed by atoms with E-state index in [1.165, 1.54) is 23.7 Å². The molecule has 0 spiro atoms. The number of hydrogen-bond donors (Lipinski definition) is 1. The predicted octanol–water partition coefficient (Wildman–Crippen LogP) is 0.0713. The van der Waals surface area contributed by atoms with Gasteiger partial charge in [0.15, 0.2) is 5.82 Å². The molecule has 0 radical (unpaired) electrons. The van der Waals surface area contributed by atoms with Gasteiger partial charge >= 0.3 is 0 Å². The predicted molar refractivity (Wildman–Crippen MR) is 43.4 cm³/mol. The Hall–Kier alpha value is -1.98. The van der Waals surface area contributed by atoms with E-state index in [9.17, 15) is 5.11 Å². The lowest BCUT2D eigenvalue weighted by Crippen LogP contribution is -2.01. The van der Waals surface area contributed by atoms with Gasteiger partial charge in [-0.25, -0.2) is 19.6 Å². The van der Waals surface area contributed by atoms with E-state index in [1.54, 1.807) is 6.92 Å². The van der Waals surface area contributed by atoms with E-state index in [0.717, 1.165) is 0 Å². The third-order valence-corrected chi connectivity index (χ3v) is 1.67. The molecule has 0 aromatic carbocycles. The number of rotatable bonds is 1. The van der Waals surface area contributed by atoms with Gasteiger partial charge in [0.05, 0.1) is 5.56 Å². The van der Waals surface area contributed by atoms with Crippen LogP contribution in [0.5, 0.6) is 5.88 Å². The first-order chi connectivity index (χ1) is 6.29. The molecule has 0 saturated heterocycles. The zero-order chi connectivity index (χ0) is 9.26. The SMILES string of the molecule is Cc1c(O)ncnc1-n1cncn1. The van der Waals surface area contributed by atoms with Crippen molar-refractivity contribution in [3.8, 4) is 11.7 Å². The molecule has 0 atom stereocenters. The van der Waals surface area contributed by atoms with Gasteiger partial charge in [-0.1, -0.05) is 0 Å². The maximum Gasteiger partial charge on any atom is 0.219 e. The second-order valence-electron chi connectivity index (χ2n) is 2.49. The van der Waals surface area contributed by atoms with E-state index in [4.69, 9.17) is 0 Å². The third-order valence-electron chi connectivity index (χ3n) is 1.67. The van der Waals surface area contributed by atoms with Crippen LogP contribution in [0.4, 0.5) is 0 Å². The fourth-order valence-electron chi connectivity index (χ4n) is 0.980. The molecule has 0 aliphatic heterocycles. The van der Waals surface area contributed by atoms with Crippen molar-refractivity contribution in [2.45, 2.75) is 6.92 Å². The van der Waals surface area contributed by atoms with Crippen molar-refractivity contribution in [1.29, 1.82) is 0 Å². The van der Waals surface area contributed by atoms with Crippen molar-refractivity contribution in [2.75, 3.05) is 0 Å². The monoisotopic (exact) mass is 177 g/mol. The molecule has 0 unspecified atom stereocenters. The molecule has 2 aromatic rings. The van der Waals surface area contributed by atoms with Crippen LogP contribution in [-0.2, 0) is 0 Å². The standard InChI is InChI=1S/C7H7N5O/c1-5-6(9-3-10-7(5)13)12-4-8-2-11-12/h2-4H,1H3,(H,9,10,13). The first kappa shape index (κ1) is 7.66. The van der Waals surface area contributed by atoms with Crippen LogP contribution in [0.15, 0.2) is 19.0 Å². The van der Waals surface area contributed by atoms with Crippen molar-refractivity contribution in [2.24, 2.45) is 0 Å². The third kappa shape index (κ3) is 1.22. The molecule has 0 fully saturated rings. The fraction of sp³-hybridized carbons (Fsp3) is 0.143.